The maximum absolute atomic E-state index is 12.0. The SMILES string of the molecule is COc1ccc(C(Nc2ncnc3c2ncn3[C@@H]2O[C@H](CNc3c(OC)c(=O)c3=O)[C@@H](O)[C@H]2O)(c2ccccc2)c2ccc(OC)cc2)cc1. The van der Waals surface area contributed by atoms with Gasteiger partial charge in [0.15, 0.2) is 29.0 Å². The van der Waals surface area contributed by atoms with Crippen molar-refractivity contribution in [2.45, 2.75) is 30.1 Å². The number of aliphatic hydroxyl groups excluding tert-OH is 2. The minimum Gasteiger partial charge on any atom is -0.497 e. The second-order valence-corrected chi connectivity index (χ2v) is 11.7. The molecule has 256 valence electrons. The minimum absolute atomic E-state index is 0.00148. The molecule has 1 saturated heterocycles. The number of rotatable bonds is 12. The van der Waals surface area contributed by atoms with E-state index in [2.05, 4.69) is 25.6 Å². The molecule has 4 N–H and O–H groups in total. The fourth-order valence-corrected chi connectivity index (χ4v) is 6.45. The highest BCUT2D eigenvalue weighted by atomic mass is 16.6. The fourth-order valence-electron chi connectivity index (χ4n) is 6.45. The molecule has 14 nitrogen and oxygen atoms in total. The first kappa shape index (κ1) is 32.7. The summed E-state index contributed by atoms with van der Waals surface area (Å²) in [5.41, 5.74) is 0.936. The molecule has 7 rings (SSSR count). The summed E-state index contributed by atoms with van der Waals surface area (Å²) < 4.78 is 23.5. The first-order valence-corrected chi connectivity index (χ1v) is 15.7. The third kappa shape index (κ3) is 5.39. The number of hydrogen-bond acceptors (Lipinski definition) is 13. The normalized spacial score (nSPS) is 19.1. The lowest BCUT2D eigenvalue weighted by Crippen LogP contribution is -2.39. The van der Waals surface area contributed by atoms with E-state index in [9.17, 15) is 19.8 Å². The van der Waals surface area contributed by atoms with Gasteiger partial charge in [-0.15, -0.1) is 0 Å². The summed E-state index contributed by atoms with van der Waals surface area (Å²) >= 11 is 0. The van der Waals surface area contributed by atoms with E-state index >= 15 is 0 Å². The van der Waals surface area contributed by atoms with Crippen LogP contribution in [0.3, 0.4) is 0 Å². The molecule has 0 unspecified atom stereocenters. The van der Waals surface area contributed by atoms with Crippen LogP contribution in [0.4, 0.5) is 11.5 Å². The Morgan fingerprint density at radius 3 is 2.00 bits per heavy atom. The average Bonchev–Trinajstić information content (AvgIpc) is 3.72. The van der Waals surface area contributed by atoms with Crippen molar-refractivity contribution in [3.63, 3.8) is 0 Å². The highest BCUT2D eigenvalue weighted by Crippen LogP contribution is 2.42. The molecule has 1 aliphatic rings. The Labute approximate surface area is 285 Å². The van der Waals surface area contributed by atoms with Crippen molar-refractivity contribution < 1.29 is 29.2 Å². The number of fused-ring (bicyclic) bond motifs is 1. The molecule has 14 heteroatoms. The number of benzene rings is 3. The second-order valence-electron chi connectivity index (χ2n) is 11.7. The molecule has 0 bridgehead atoms. The quantitative estimate of drug-likeness (QED) is 0.110. The minimum atomic E-state index is -1.37. The molecule has 50 heavy (non-hydrogen) atoms. The first-order chi connectivity index (χ1) is 24.3. The van der Waals surface area contributed by atoms with Crippen LogP contribution in [0.15, 0.2) is 101 Å². The van der Waals surface area contributed by atoms with Gasteiger partial charge in [-0.1, -0.05) is 54.6 Å². The first-order valence-electron chi connectivity index (χ1n) is 15.7. The molecule has 1 aliphatic heterocycles. The fraction of sp³-hybridized carbons (Fsp3) is 0.250. The van der Waals surface area contributed by atoms with E-state index in [-0.39, 0.29) is 18.0 Å². The largest absolute Gasteiger partial charge is 0.497 e. The van der Waals surface area contributed by atoms with Crippen molar-refractivity contribution in [2.75, 3.05) is 38.5 Å². The van der Waals surface area contributed by atoms with Crippen molar-refractivity contribution in [3.05, 3.63) is 129 Å². The third-order valence-corrected chi connectivity index (χ3v) is 9.08. The molecule has 0 amide bonds. The molecule has 3 heterocycles. The number of aromatic nitrogens is 4. The maximum atomic E-state index is 12.0. The van der Waals surface area contributed by atoms with E-state index in [1.165, 1.54) is 24.3 Å². The summed E-state index contributed by atoms with van der Waals surface area (Å²) in [6.45, 7) is -0.0757. The van der Waals surface area contributed by atoms with Crippen LogP contribution in [0, 0.1) is 0 Å². The highest BCUT2D eigenvalue weighted by molar-refractivity contribution is 5.84. The molecule has 0 spiro atoms. The summed E-state index contributed by atoms with van der Waals surface area (Å²) in [5, 5.41) is 28.5. The van der Waals surface area contributed by atoms with Crippen LogP contribution in [0.25, 0.3) is 11.2 Å². The third-order valence-electron chi connectivity index (χ3n) is 9.08. The number of nitrogens with zero attached hydrogens (tertiary/aromatic N) is 4. The topological polar surface area (TPSA) is 179 Å². The Balaban J connectivity index is 1.27. The Hall–Kier alpha value is -5.83. The smallest absolute Gasteiger partial charge is 0.271 e. The number of aliphatic hydroxyl groups is 2. The standard InChI is InChI=1S/C36H34N6O8/c1-47-23-13-9-21(10-14-23)36(20-7-5-4-6-8-20,22-11-15-24(48-2)16-12-22)41-33-27-34(39-18-38-33)42(19-40-27)35-31(46)28(43)25(50-35)17-37-26-29(44)30(45)32(26)49-3/h4-16,18-19,25,28,31,35,37,43,46H,17H2,1-3H3,(H,38,39,41)/t25-,28-,31-,35-/m1/s1. The molecule has 4 atom stereocenters. The van der Waals surface area contributed by atoms with Crippen molar-refractivity contribution in [1.82, 2.24) is 19.5 Å². The molecule has 6 aromatic rings. The predicted molar refractivity (Wildman–Crippen MR) is 184 cm³/mol. The van der Waals surface area contributed by atoms with Crippen LogP contribution < -0.4 is 35.7 Å². The number of anilines is 2. The van der Waals surface area contributed by atoms with E-state index in [0.29, 0.717) is 28.5 Å². The van der Waals surface area contributed by atoms with E-state index in [1.54, 1.807) is 14.2 Å². The molecule has 0 radical (unpaired) electrons. The average molecular weight is 679 g/mol. The molecule has 0 saturated carbocycles. The number of methoxy groups -OCH3 is 3. The van der Waals surface area contributed by atoms with Gasteiger partial charge < -0.3 is 39.8 Å². The van der Waals surface area contributed by atoms with Gasteiger partial charge in [-0.2, -0.15) is 0 Å². The second kappa shape index (κ2) is 13.2. The lowest BCUT2D eigenvalue weighted by molar-refractivity contribution is -0.0312. The Morgan fingerprint density at radius 1 is 0.780 bits per heavy atom. The number of imidazole rings is 1. The molecule has 0 aliphatic carbocycles. The molecule has 1 fully saturated rings. The van der Waals surface area contributed by atoms with Gasteiger partial charge in [0.1, 0.15) is 47.4 Å². The zero-order valence-corrected chi connectivity index (χ0v) is 27.3. The lowest BCUT2D eigenvalue weighted by Gasteiger charge is -2.37. The molecular formula is C36H34N6O8. The number of hydrogen-bond donors (Lipinski definition) is 4. The molecule has 2 aromatic heterocycles. The summed E-state index contributed by atoms with van der Waals surface area (Å²) in [6, 6.07) is 25.4. The van der Waals surface area contributed by atoms with Crippen LogP contribution in [-0.4, -0.2) is 75.9 Å². The summed E-state index contributed by atoms with van der Waals surface area (Å²) in [7, 11) is 4.52. The number of nitrogens with one attached hydrogen (secondary N) is 2. The summed E-state index contributed by atoms with van der Waals surface area (Å²) in [5.74, 6) is 1.70. The van der Waals surface area contributed by atoms with E-state index < -0.39 is 40.9 Å². The molecule has 4 aromatic carbocycles. The van der Waals surface area contributed by atoms with Crippen LogP contribution in [0.1, 0.15) is 22.9 Å². The van der Waals surface area contributed by atoms with Crippen molar-refractivity contribution in [2.24, 2.45) is 0 Å². The van der Waals surface area contributed by atoms with Gasteiger partial charge in [0, 0.05) is 6.54 Å². The van der Waals surface area contributed by atoms with Gasteiger partial charge in [-0.25, -0.2) is 15.0 Å². The van der Waals surface area contributed by atoms with E-state index in [1.807, 2.05) is 78.9 Å². The van der Waals surface area contributed by atoms with Crippen molar-refractivity contribution >= 4 is 22.7 Å². The number of ether oxygens (including phenoxy) is 4. The van der Waals surface area contributed by atoms with Crippen LogP contribution in [0.5, 0.6) is 17.2 Å². The van der Waals surface area contributed by atoms with Gasteiger partial charge >= 0.3 is 0 Å². The lowest BCUT2D eigenvalue weighted by atomic mass is 9.77. The Bertz CT molecular complexity index is 2130. The van der Waals surface area contributed by atoms with Gasteiger partial charge in [0.05, 0.1) is 27.7 Å². The van der Waals surface area contributed by atoms with Gasteiger partial charge in [0.2, 0.25) is 0 Å². The monoisotopic (exact) mass is 678 g/mol. The Morgan fingerprint density at radius 2 is 1.40 bits per heavy atom. The van der Waals surface area contributed by atoms with Crippen molar-refractivity contribution in [1.29, 1.82) is 0 Å². The van der Waals surface area contributed by atoms with Crippen molar-refractivity contribution in [3.8, 4) is 17.2 Å². The zero-order valence-electron chi connectivity index (χ0n) is 27.3. The van der Waals surface area contributed by atoms with E-state index in [0.717, 1.165) is 16.7 Å². The zero-order chi connectivity index (χ0) is 35.0. The van der Waals surface area contributed by atoms with Gasteiger partial charge in [-0.3, -0.25) is 14.2 Å². The summed E-state index contributed by atoms with van der Waals surface area (Å²) in [4.78, 5) is 37.5. The van der Waals surface area contributed by atoms with Crippen LogP contribution in [0.2, 0.25) is 0 Å². The highest BCUT2D eigenvalue weighted by Gasteiger charge is 2.45. The molecular weight excluding hydrogens is 644 g/mol. The van der Waals surface area contributed by atoms with Crippen LogP contribution >= 0.6 is 0 Å². The van der Waals surface area contributed by atoms with Crippen LogP contribution in [-0.2, 0) is 10.3 Å². The van der Waals surface area contributed by atoms with Gasteiger partial charge in [0.25, 0.3) is 10.9 Å². The Kier molecular flexibility index (Phi) is 8.65. The summed E-state index contributed by atoms with van der Waals surface area (Å²) in [6.07, 6.45) is -1.89. The van der Waals surface area contributed by atoms with Gasteiger partial charge in [-0.05, 0) is 41.0 Å². The predicted octanol–water partition coefficient (Wildman–Crippen LogP) is 2.58. The maximum Gasteiger partial charge on any atom is 0.271 e. The van der Waals surface area contributed by atoms with E-state index in [4.69, 9.17) is 18.9 Å².